The van der Waals surface area contributed by atoms with Gasteiger partial charge in [0.2, 0.25) is 0 Å². The standard InChI is InChI=1S/C16H21IN2O/c1-11(2)9-18-8-7-15-19-10-14(20-15)13-6-4-5-12(3)16(13)17/h4-6,10-11,18H,7-9H2,1-3H3. The topological polar surface area (TPSA) is 38.1 Å². The van der Waals surface area contributed by atoms with Gasteiger partial charge >= 0.3 is 0 Å². The molecule has 0 aliphatic carbocycles. The maximum absolute atomic E-state index is 5.86. The molecule has 2 rings (SSSR count). The van der Waals surface area contributed by atoms with Crippen LogP contribution in [0, 0.1) is 16.4 Å². The lowest BCUT2D eigenvalue weighted by molar-refractivity contribution is 0.483. The first-order chi connectivity index (χ1) is 9.58. The molecule has 0 unspecified atom stereocenters. The first kappa shape index (κ1) is 15.5. The van der Waals surface area contributed by atoms with Gasteiger partial charge < -0.3 is 9.73 Å². The van der Waals surface area contributed by atoms with Gasteiger partial charge in [0.1, 0.15) is 0 Å². The summed E-state index contributed by atoms with van der Waals surface area (Å²) >= 11 is 2.36. The maximum atomic E-state index is 5.86. The van der Waals surface area contributed by atoms with Crippen LogP contribution in [-0.2, 0) is 6.42 Å². The molecule has 108 valence electrons. The SMILES string of the molecule is Cc1cccc(-c2cnc(CCNCC(C)C)o2)c1I. The van der Waals surface area contributed by atoms with Crippen molar-refractivity contribution in [2.24, 2.45) is 5.92 Å². The fourth-order valence-electron chi connectivity index (χ4n) is 1.97. The van der Waals surface area contributed by atoms with E-state index >= 15 is 0 Å². The minimum Gasteiger partial charge on any atom is -0.441 e. The molecule has 0 saturated heterocycles. The molecule has 0 aliphatic heterocycles. The van der Waals surface area contributed by atoms with E-state index in [2.05, 4.69) is 71.9 Å². The summed E-state index contributed by atoms with van der Waals surface area (Å²) in [6.07, 6.45) is 2.66. The van der Waals surface area contributed by atoms with Gasteiger partial charge in [0.05, 0.1) is 6.20 Å². The highest BCUT2D eigenvalue weighted by Gasteiger charge is 2.10. The number of hydrogen-bond donors (Lipinski definition) is 1. The molecular formula is C16H21IN2O. The summed E-state index contributed by atoms with van der Waals surface area (Å²) < 4.78 is 7.08. The third-order valence-corrected chi connectivity index (χ3v) is 4.51. The van der Waals surface area contributed by atoms with Crippen LogP contribution in [0.1, 0.15) is 25.3 Å². The summed E-state index contributed by atoms with van der Waals surface area (Å²) in [4.78, 5) is 4.37. The highest BCUT2D eigenvalue weighted by Crippen LogP contribution is 2.28. The van der Waals surface area contributed by atoms with E-state index < -0.39 is 0 Å². The number of nitrogens with zero attached hydrogens (tertiary/aromatic N) is 1. The van der Waals surface area contributed by atoms with Crippen LogP contribution in [0.5, 0.6) is 0 Å². The van der Waals surface area contributed by atoms with Gasteiger partial charge in [-0.2, -0.15) is 0 Å². The Morgan fingerprint density at radius 2 is 2.15 bits per heavy atom. The van der Waals surface area contributed by atoms with Crippen molar-refractivity contribution in [1.29, 1.82) is 0 Å². The number of hydrogen-bond acceptors (Lipinski definition) is 3. The van der Waals surface area contributed by atoms with Crippen molar-refractivity contribution < 1.29 is 4.42 Å². The summed E-state index contributed by atoms with van der Waals surface area (Å²) in [5.74, 6) is 2.33. The van der Waals surface area contributed by atoms with Gasteiger partial charge in [-0.1, -0.05) is 32.0 Å². The van der Waals surface area contributed by atoms with E-state index in [4.69, 9.17) is 4.42 Å². The van der Waals surface area contributed by atoms with Gasteiger partial charge in [-0.3, -0.25) is 0 Å². The summed E-state index contributed by atoms with van der Waals surface area (Å²) in [6, 6.07) is 6.24. The molecule has 1 aromatic carbocycles. The van der Waals surface area contributed by atoms with Crippen LogP contribution in [0.3, 0.4) is 0 Å². The number of aryl methyl sites for hydroxylation is 1. The van der Waals surface area contributed by atoms with E-state index in [-0.39, 0.29) is 0 Å². The van der Waals surface area contributed by atoms with E-state index in [9.17, 15) is 0 Å². The van der Waals surface area contributed by atoms with Gasteiger partial charge in [0, 0.05) is 22.1 Å². The molecule has 2 aromatic rings. The molecule has 0 radical (unpaired) electrons. The minimum absolute atomic E-state index is 0.670. The molecular weight excluding hydrogens is 363 g/mol. The van der Waals surface area contributed by atoms with Crippen molar-refractivity contribution in [3.8, 4) is 11.3 Å². The summed E-state index contributed by atoms with van der Waals surface area (Å²) in [6.45, 7) is 8.45. The summed E-state index contributed by atoms with van der Waals surface area (Å²) in [5, 5.41) is 3.40. The molecule has 1 aromatic heterocycles. The highest BCUT2D eigenvalue weighted by molar-refractivity contribution is 14.1. The molecule has 0 bridgehead atoms. The van der Waals surface area contributed by atoms with Gasteiger partial charge in [-0.05, 0) is 47.5 Å². The zero-order valence-electron chi connectivity index (χ0n) is 12.2. The second kappa shape index (κ2) is 7.22. The lowest BCUT2D eigenvalue weighted by Gasteiger charge is -2.05. The van der Waals surface area contributed by atoms with Crippen LogP contribution in [0.15, 0.2) is 28.8 Å². The average molecular weight is 384 g/mol. The molecule has 20 heavy (non-hydrogen) atoms. The largest absolute Gasteiger partial charge is 0.441 e. The molecule has 0 atom stereocenters. The van der Waals surface area contributed by atoms with Crippen molar-refractivity contribution in [3.05, 3.63) is 39.4 Å². The second-order valence-corrected chi connectivity index (χ2v) is 6.48. The predicted molar refractivity (Wildman–Crippen MR) is 90.8 cm³/mol. The Morgan fingerprint density at radius 3 is 2.90 bits per heavy atom. The first-order valence-corrected chi connectivity index (χ1v) is 8.06. The van der Waals surface area contributed by atoms with Crippen molar-refractivity contribution in [1.82, 2.24) is 10.3 Å². The predicted octanol–water partition coefficient (Wildman–Crippen LogP) is 4.04. The van der Waals surface area contributed by atoms with Gasteiger partial charge in [0.25, 0.3) is 0 Å². The van der Waals surface area contributed by atoms with E-state index in [1.54, 1.807) is 0 Å². The van der Waals surface area contributed by atoms with E-state index in [1.807, 2.05) is 6.20 Å². The molecule has 1 N–H and O–H groups in total. The summed E-state index contributed by atoms with van der Waals surface area (Å²) in [5.41, 5.74) is 2.39. The first-order valence-electron chi connectivity index (χ1n) is 6.99. The van der Waals surface area contributed by atoms with Crippen molar-refractivity contribution in [2.75, 3.05) is 13.1 Å². The quantitative estimate of drug-likeness (QED) is 0.604. The number of benzene rings is 1. The fourth-order valence-corrected chi connectivity index (χ4v) is 2.60. The van der Waals surface area contributed by atoms with E-state index in [0.29, 0.717) is 5.92 Å². The van der Waals surface area contributed by atoms with Crippen LogP contribution in [-0.4, -0.2) is 18.1 Å². The maximum Gasteiger partial charge on any atom is 0.196 e. The molecule has 4 heteroatoms. The molecule has 1 heterocycles. The Bertz CT molecular complexity index is 563. The number of halogens is 1. The molecule has 0 aliphatic rings. The van der Waals surface area contributed by atoms with Crippen molar-refractivity contribution in [2.45, 2.75) is 27.2 Å². The Labute approximate surface area is 134 Å². The Kier molecular flexibility index (Phi) is 5.60. The third-order valence-electron chi connectivity index (χ3n) is 3.08. The average Bonchev–Trinajstić information content (AvgIpc) is 2.86. The molecule has 0 fully saturated rings. The zero-order chi connectivity index (χ0) is 14.5. The zero-order valence-corrected chi connectivity index (χ0v) is 14.4. The number of aromatic nitrogens is 1. The van der Waals surface area contributed by atoms with Gasteiger partial charge in [-0.15, -0.1) is 0 Å². The highest BCUT2D eigenvalue weighted by atomic mass is 127. The molecule has 3 nitrogen and oxygen atoms in total. The number of oxazole rings is 1. The lowest BCUT2D eigenvalue weighted by Crippen LogP contribution is -2.22. The van der Waals surface area contributed by atoms with Gasteiger partial charge in [-0.25, -0.2) is 4.98 Å². The van der Waals surface area contributed by atoms with Gasteiger partial charge in [0.15, 0.2) is 11.7 Å². The minimum atomic E-state index is 0.670. The van der Waals surface area contributed by atoms with Crippen LogP contribution in [0.4, 0.5) is 0 Å². The molecule has 0 amide bonds. The third kappa shape index (κ3) is 4.06. The van der Waals surface area contributed by atoms with Crippen LogP contribution >= 0.6 is 22.6 Å². The second-order valence-electron chi connectivity index (χ2n) is 5.40. The smallest absolute Gasteiger partial charge is 0.196 e. The van der Waals surface area contributed by atoms with E-state index in [0.717, 1.165) is 36.7 Å². The van der Waals surface area contributed by atoms with Crippen LogP contribution in [0.25, 0.3) is 11.3 Å². The fraction of sp³-hybridized carbons (Fsp3) is 0.438. The Hall–Kier alpha value is -0.880. The molecule has 0 saturated carbocycles. The molecule has 0 spiro atoms. The van der Waals surface area contributed by atoms with Crippen LogP contribution < -0.4 is 5.32 Å². The normalized spacial score (nSPS) is 11.2. The summed E-state index contributed by atoms with van der Waals surface area (Å²) in [7, 11) is 0. The number of nitrogens with one attached hydrogen (secondary N) is 1. The van der Waals surface area contributed by atoms with Crippen LogP contribution in [0.2, 0.25) is 0 Å². The van der Waals surface area contributed by atoms with E-state index in [1.165, 1.54) is 9.13 Å². The van der Waals surface area contributed by atoms with Crippen molar-refractivity contribution in [3.63, 3.8) is 0 Å². The lowest BCUT2D eigenvalue weighted by atomic mass is 10.1. The van der Waals surface area contributed by atoms with Crippen molar-refractivity contribution >= 4 is 22.6 Å². The monoisotopic (exact) mass is 384 g/mol. The Morgan fingerprint density at radius 1 is 1.35 bits per heavy atom. The Balaban J connectivity index is 2.00. The number of rotatable bonds is 6.